The predicted molar refractivity (Wildman–Crippen MR) is 126 cm³/mol. The summed E-state index contributed by atoms with van der Waals surface area (Å²) in [5.41, 5.74) is 4.66. The lowest BCUT2D eigenvalue weighted by Crippen LogP contribution is -2.44. The highest BCUT2D eigenvalue weighted by Crippen LogP contribution is 2.44. The van der Waals surface area contributed by atoms with Gasteiger partial charge in [-0.1, -0.05) is 48.5 Å². The number of carboxylic acids is 1. The van der Waals surface area contributed by atoms with Gasteiger partial charge in [0.25, 0.3) is 0 Å². The van der Waals surface area contributed by atoms with E-state index in [2.05, 4.69) is 29.6 Å². The zero-order valence-electron chi connectivity index (χ0n) is 19.3. The minimum absolute atomic E-state index is 0.0161. The van der Waals surface area contributed by atoms with Gasteiger partial charge in [-0.2, -0.15) is 0 Å². The first-order chi connectivity index (χ1) is 16.4. The van der Waals surface area contributed by atoms with Crippen molar-refractivity contribution in [2.24, 2.45) is 11.8 Å². The number of alkyl carbamates (subject to hydrolysis) is 1. The van der Waals surface area contributed by atoms with Crippen LogP contribution in [0.3, 0.4) is 0 Å². The van der Waals surface area contributed by atoms with Crippen molar-refractivity contribution in [1.29, 1.82) is 0 Å². The Morgan fingerprint density at radius 1 is 1.03 bits per heavy atom. The number of carbonyl (C=O) groups excluding carboxylic acids is 2. The van der Waals surface area contributed by atoms with E-state index in [9.17, 15) is 19.5 Å². The van der Waals surface area contributed by atoms with Crippen molar-refractivity contribution >= 4 is 18.0 Å². The summed E-state index contributed by atoms with van der Waals surface area (Å²) >= 11 is 0. The molecule has 178 valence electrons. The SMILES string of the molecule is CC1C(C(=O)O)CCN1C(=O)CC(NC(=O)OCC1c2ccccc2-c2ccccc21)C1CC1. The van der Waals surface area contributed by atoms with Crippen LogP contribution in [0.5, 0.6) is 0 Å². The molecule has 2 aliphatic carbocycles. The predicted octanol–water partition coefficient (Wildman–Crippen LogP) is 4.02. The minimum Gasteiger partial charge on any atom is -0.481 e. The van der Waals surface area contributed by atoms with E-state index in [1.54, 1.807) is 11.8 Å². The van der Waals surface area contributed by atoms with E-state index in [0.717, 1.165) is 24.0 Å². The highest BCUT2D eigenvalue weighted by Gasteiger charge is 2.41. The fourth-order valence-electron chi connectivity index (χ4n) is 5.55. The molecule has 2 aromatic rings. The maximum atomic E-state index is 12.9. The molecule has 1 heterocycles. The van der Waals surface area contributed by atoms with E-state index < -0.39 is 18.0 Å². The first-order valence-corrected chi connectivity index (χ1v) is 12.1. The molecule has 1 saturated carbocycles. The molecule has 0 bridgehead atoms. The Hall–Kier alpha value is -3.35. The van der Waals surface area contributed by atoms with Crippen molar-refractivity contribution in [1.82, 2.24) is 10.2 Å². The molecule has 3 aliphatic rings. The fourth-order valence-corrected chi connectivity index (χ4v) is 5.55. The number of likely N-dealkylation sites (tertiary alicyclic amines) is 1. The van der Waals surface area contributed by atoms with E-state index in [0.29, 0.717) is 13.0 Å². The molecule has 0 radical (unpaired) electrons. The fraction of sp³-hybridized carbons (Fsp3) is 0.444. The lowest BCUT2D eigenvalue weighted by Gasteiger charge is -2.26. The van der Waals surface area contributed by atoms with Gasteiger partial charge >= 0.3 is 12.1 Å². The van der Waals surface area contributed by atoms with Gasteiger partial charge in [-0.25, -0.2) is 4.79 Å². The quantitative estimate of drug-likeness (QED) is 0.648. The smallest absolute Gasteiger partial charge is 0.407 e. The monoisotopic (exact) mass is 462 g/mol. The average Bonchev–Trinajstić information content (AvgIpc) is 3.53. The Morgan fingerprint density at radius 3 is 2.21 bits per heavy atom. The van der Waals surface area contributed by atoms with Crippen LogP contribution in [0.15, 0.2) is 48.5 Å². The van der Waals surface area contributed by atoms with Crippen LogP contribution in [-0.2, 0) is 14.3 Å². The number of rotatable bonds is 7. The lowest BCUT2D eigenvalue weighted by atomic mass is 9.98. The second kappa shape index (κ2) is 9.12. The zero-order chi connectivity index (χ0) is 23.8. The Kier molecular flexibility index (Phi) is 6.02. The summed E-state index contributed by atoms with van der Waals surface area (Å²) in [4.78, 5) is 38.7. The third-order valence-corrected chi connectivity index (χ3v) is 7.62. The molecule has 0 aromatic heterocycles. The summed E-state index contributed by atoms with van der Waals surface area (Å²) in [7, 11) is 0. The van der Waals surface area contributed by atoms with E-state index >= 15 is 0 Å². The van der Waals surface area contributed by atoms with Gasteiger partial charge in [0.2, 0.25) is 5.91 Å². The number of carbonyl (C=O) groups is 3. The van der Waals surface area contributed by atoms with Crippen LogP contribution in [-0.4, -0.2) is 53.2 Å². The molecule has 1 aliphatic heterocycles. The second-order valence-corrected chi connectivity index (χ2v) is 9.68. The number of hydrogen-bond acceptors (Lipinski definition) is 4. The van der Waals surface area contributed by atoms with Crippen LogP contribution < -0.4 is 5.32 Å². The lowest BCUT2D eigenvalue weighted by molar-refractivity contribution is -0.143. The number of nitrogens with zero attached hydrogens (tertiary/aromatic N) is 1. The topological polar surface area (TPSA) is 95.9 Å². The number of carboxylic acid groups (broad SMARTS) is 1. The molecule has 5 rings (SSSR count). The Labute approximate surface area is 199 Å². The number of nitrogens with one attached hydrogen (secondary N) is 1. The standard InChI is InChI=1S/C27H30N2O5/c1-16-18(26(31)32)12-13-29(16)25(30)14-24(17-10-11-17)28-27(33)34-15-23-21-8-4-2-6-19(21)20-7-3-5-9-22(20)23/h2-9,16-18,23-24H,10-15H2,1H3,(H,28,33)(H,31,32). The minimum atomic E-state index is -0.863. The third-order valence-electron chi connectivity index (χ3n) is 7.62. The Balaban J connectivity index is 1.20. The molecule has 7 nitrogen and oxygen atoms in total. The van der Waals surface area contributed by atoms with Gasteiger partial charge in [0.05, 0.1) is 5.92 Å². The number of aliphatic carboxylic acids is 1. The van der Waals surface area contributed by atoms with Crippen molar-refractivity contribution < 1.29 is 24.2 Å². The van der Waals surface area contributed by atoms with Crippen LogP contribution in [0.4, 0.5) is 4.79 Å². The summed E-state index contributed by atoms with van der Waals surface area (Å²) in [6, 6.07) is 15.8. The molecule has 2 fully saturated rings. The van der Waals surface area contributed by atoms with Crippen molar-refractivity contribution in [3.8, 4) is 11.1 Å². The Bertz CT molecular complexity index is 1070. The van der Waals surface area contributed by atoms with Crippen LogP contribution >= 0.6 is 0 Å². The average molecular weight is 463 g/mol. The van der Waals surface area contributed by atoms with Crippen LogP contribution in [0.25, 0.3) is 11.1 Å². The van der Waals surface area contributed by atoms with Gasteiger partial charge in [-0.15, -0.1) is 0 Å². The highest BCUT2D eigenvalue weighted by atomic mass is 16.5. The van der Waals surface area contributed by atoms with E-state index in [-0.39, 0.29) is 42.9 Å². The van der Waals surface area contributed by atoms with Gasteiger partial charge in [-0.3, -0.25) is 9.59 Å². The number of benzene rings is 2. The number of amides is 2. The van der Waals surface area contributed by atoms with Crippen molar-refractivity contribution in [3.63, 3.8) is 0 Å². The normalized spacial score (nSPS) is 22.1. The van der Waals surface area contributed by atoms with Crippen molar-refractivity contribution in [2.75, 3.05) is 13.2 Å². The van der Waals surface area contributed by atoms with E-state index in [1.165, 1.54) is 11.1 Å². The molecule has 2 aromatic carbocycles. The molecule has 2 amide bonds. The molecule has 3 unspecified atom stereocenters. The van der Waals surface area contributed by atoms with Crippen LogP contribution in [0.1, 0.15) is 49.7 Å². The number of ether oxygens (including phenoxy) is 1. The molecule has 7 heteroatoms. The van der Waals surface area contributed by atoms with Crippen LogP contribution in [0.2, 0.25) is 0 Å². The maximum absolute atomic E-state index is 12.9. The molecular weight excluding hydrogens is 432 g/mol. The molecule has 0 spiro atoms. The summed E-state index contributed by atoms with van der Waals surface area (Å²) in [6.07, 6.45) is 2.07. The molecule has 3 atom stereocenters. The second-order valence-electron chi connectivity index (χ2n) is 9.68. The molecular formula is C27H30N2O5. The summed E-state index contributed by atoms with van der Waals surface area (Å²) in [5, 5.41) is 12.3. The number of hydrogen-bond donors (Lipinski definition) is 2. The van der Waals surface area contributed by atoms with Gasteiger partial charge in [0, 0.05) is 31.0 Å². The molecule has 2 N–H and O–H groups in total. The van der Waals surface area contributed by atoms with Gasteiger partial charge in [0.1, 0.15) is 6.61 Å². The summed E-state index contributed by atoms with van der Waals surface area (Å²) in [6.45, 7) is 2.46. The Morgan fingerprint density at radius 2 is 1.65 bits per heavy atom. The van der Waals surface area contributed by atoms with Gasteiger partial charge in [-0.05, 0) is 54.4 Å². The number of fused-ring (bicyclic) bond motifs is 3. The third kappa shape index (κ3) is 4.27. The summed E-state index contributed by atoms with van der Waals surface area (Å²) < 4.78 is 5.67. The highest BCUT2D eigenvalue weighted by molar-refractivity contribution is 5.81. The van der Waals surface area contributed by atoms with Crippen molar-refractivity contribution in [2.45, 2.75) is 50.6 Å². The zero-order valence-corrected chi connectivity index (χ0v) is 19.3. The first kappa shape index (κ1) is 22.4. The molecule has 1 saturated heterocycles. The van der Waals surface area contributed by atoms with Crippen molar-refractivity contribution in [3.05, 3.63) is 59.7 Å². The van der Waals surface area contributed by atoms with Gasteiger partial charge < -0.3 is 20.1 Å². The van der Waals surface area contributed by atoms with Gasteiger partial charge in [0.15, 0.2) is 0 Å². The van der Waals surface area contributed by atoms with E-state index in [1.807, 2.05) is 24.3 Å². The maximum Gasteiger partial charge on any atom is 0.407 e. The largest absolute Gasteiger partial charge is 0.481 e. The van der Waals surface area contributed by atoms with Crippen LogP contribution in [0, 0.1) is 11.8 Å². The molecule has 34 heavy (non-hydrogen) atoms. The van der Waals surface area contributed by atoms with E-state index in [4.69, 9.17) is 4.74 Å². The first-order valence-electron chi connectivity index (χ1n) is 12.1. The summed E-state index contributed by atoms with van der Waals surface area (Å²) in [5.74, 6) is -1.25.